The second-order valence-corrected chi connectivity index (χ2v) is 39.6. The minimum absolute atomic E-state index is 0. The topological polar surface area (TPSA) is 193 Å². The Morgan fingerprint density at radius 3 is 0.567 bits per heavy atom. The molecule has 0 unspecified atom stereocenters. The van der Waals surface area contributed by atoms with Gasteiger partial charge in [-0.1, -0.05) is 188 Å². The smallest absolute Gasteiger partial charge is 0.662 e. The first-order valence-corrected chi connectivity index (χ1v) is 52.8. The Balaban J connectivity index is -0.000000351. The number of nitrogens with one attached hydrogen (secondary N) is 2. The number of halogens is 1. The molecule has 134 heavy (non-hydrogen) atoms. The Hall–Kier alpha value is 2.25. The molecular weight excluding hydrogens is 1920 g/mol. The summed E-state index contributed by atoms with van der Waals surface area (Å²) in [5.74, 6) is -0.358. The average Bonchev–Trinajstić information content (AvgIpc) is 0.977. The van der Waals surface area contributed by atoms with Crippen molar-refractivity contribution < 1.29 is 104 Å². The fourth-order valence-electron chi connectivity index (χ4n) is 15.0. The first-order chi connectivity index (χ1) is 63.2. The molecule has 0 saturated carbocycles. The molecule has 0 bridgehead atoms. The van der Waals surface area contributed by atoms with Gasteiger partial charge in [-0.25, -0.2) is 0 Å². The number of hydrogen-bond acceptors (Lipinski definition) is 26. The second-order valence-electron chi connectivity index (χ2n) is 39.6. The summed E-state index contributed by atoms with van der Waals surface area (Å²) in [6.45, 7) is 46.9. The van der Waals surface area contributed by atoms with Crippen LogP contribution in [0.25, 0.3) is 0 Å². The third-order valence-electron chi connectivity index (χ3n) is 26.1. The zero-order valence-electron chi connectivity index (χ0n) is 94.5. The van der Waals surface area contributed by atoms with Crippen LogP contribution in [0.3, 0.4) is 0 Å². The van der Waals surface area contributed by atoms with Gasteiger partial charge in [-0.15, -0.1) is 0 Å². The van der Waals surface area contributed by atoms with E-state index in [-0.39, 0.29) is 172 Å². The van der Waals surface area contributed by atoms with Crippen LogP contribution in [0.2, 0.25) is 13.6 Å². The van der Waals surface area contributed by atoms with Gasteiger partial charge in [0.05, 0.1) is 8.52 Å². The van der Waals surface area contributed by atoms with Crippen LogP contribution in [0.5, 0.6) is 0 Å². The molecule has 4 N–H and O–H groups in total. The van der Waals surface area contributed by atoms with Crippen molar-refractivity contribution in [2.24, 2.45) is 0 Å². The summed E-state index contributed by atoms with van der Waals surface area (Å²) >= 11 is 0. The van der Waals surface area contributed by atoms with E-state index >= 15 is 0 Å². The van der Waals surface area contributed by atoms with Gasteiger partial charge in [0.2, 0.25) is 7.85 Å². The van der Waals surface area contributed by atoms with Crippen LogP contribution >= 0.6 is 0 Å². The minimum atomic E-state index is -1.00. The first-order valence-electron chi connectivity index (χ1n) is 53.5. The van der Waals surface area contributed by atoms with Crippen LogP contribution < -0.4 is 84.8 Å². The maximum absolute atomic E-state index is 11.2. The average molecular weight is 2150 g/mol. The number of carbonyl (C=O) groups is 2. The van der Waals surface area contributed by atoms with E-state index in [1.807, 2.05) is 51.5 Å². The van der Waals surface area contributed by atoms with E-state index in [0.29, 0.717) is 6.54 Å². The fraction of sp³-hybridized carbons (Fsp3) is 0.980. The second kappa shape index (κ2) is 116. The van der Waals surface area contributed by atoms with E-state index in [0.717, 1.165) is 137 Å². The van der Waals surface area contributed by atoms with Crippen LogP contribution in [0.1, 0.15) is 247 Å². The van der Waals surface area contributed by atoms with Gasteiger partial charge in [-0.2, -0.15) is 0 Å². The molecule has 793 valence electrons. The summed E-state index contributed by atoms with van der Waals surface area (Å²) in [7, 11) is 49.3. The fourth-order valence-corrected chi connectivity index (χ4v) is 15.0. The number of likely N-dealkylation sites (N-methyl/N-ethyl adjacent to an activating group) is 21. The molecule has 0 aromatic heterocycles. The molecule has 27 nitrogen and oxygen atoms in total. The van der Waals surface area contributed by atoms with Crippen molar-refractivity contribution in [1.82, 2.24) is 104 Å². The molecule has 33 heteroatoms. The van der Waals surface area contributed by atoms with E-state index in [4.69, 9.17) is 19.3 Å². The van der Waals surface area contributed by atoms with Gasteiger partial charge in [0.1, 0.15) is 0 Å². The maximum Gasteiger partial charge on any atom is 1.00 e. The number of amides is 1. The monoisotopic (exact) mass is 2150 g/mol. The molecule has 0 heterocycles. The van der Waals surface area contributed by atoms with Crippen molar-refractivity contribution in [1.29, 1.82) is 0 Å². The molecular formula is C101H230B3Cs2FN21O6. The molecule has 0 aliphatic rings. The standard InChI is InChI=1S/C57H126B2N12O2.C23H54N6.C18H42BN3O.CH3F.CH2O3.CH4.2Cs/c1-59(73)71(13)56-54-69(11)52-46-65(7)40-34-28-22-16-20-26-32-38-63(5)44-50-67(9)48-42-61(3)36-30-24-18-14-17-23-29-35-60(2)41-47-66(8)49-43-62(4)37-31-25-19-15-21-27-33-39-64(6)45-51-68(10)53-55-70(12)57(58)72;1-24-14-18-28(5)22-20-26(3)16-12-10-8-7-9-11-13-17-27(4)21-23-29(6)19-15-25-2;1-6-7-8-9-10-11-12-13-14-20(3)15-16-21(4)17-18-22(5)19(2)23;1-2;2-1-4-3;;;/h73H,14-56H2,1-13H3;24-25H,7-23H2,1-6H3;23H,6-18H2,1-5H3;1H3;1,3H;1H4;;/q;;;;;;;+1/p-1/i;;;1D;;;;. The van der Waals surface area contributed by atoms with Crippen molar-refractivity contribution in [3.63, 3.8) is 0 Å². The number of unbranched alkanes of at least 4 members (excludes halogenated alkanes) is 31. The number of hydrogen-bond donors (Lipinski definition) is 4. The van der Waals surface area contributed by atoms with Crippen molar-refractivity contribution >= 4 is 103 Å². The van der Waals surface area contributed by atoms with Gasteiger partial charge < -0.3 is 124 Å². The zero-order valence-corrected chi connectivity index (χ0v) is 106. The number of alkyl halides is 1. The molecule has 3 radical (unpaired) electrons. The normalized spacial score (nSPS) is 11.8. The SMILES string of the molecule is C.CCCCCCCCCCN(C)CCN(C)CCN(C)B(C)O.CNCCN(C)CCN(C)CCCCCCCCCN(C)CCN(C)CCNC.O=CO[O-].[2H]CF.[B]C(=O)N(C)CCN(C)CCN(C)CCCCCCCCCN(C)CCN(C)CCN(C)CCCCCCCCCN(C)CCN(C)CCN(C)CCCCCCCCCN(C)CCN(C)CCN(C)B(C)O.[Cs+].[Cs]. The van der Waals surface area contributed by atoms with Crippen molar-refractivity contribution in [2.45, 2.75) is 259 Å². The molecule has 0 aromatic rings. The summed E-state index contributed by atoms with van der Waals surface area (Å²) in [6, 6.07) is 0. The third kappa shape index (κ3) is 119. The van der Waals surface area contributed by atoms with Gasteiger partial charge in [-0.3, -0.25) is 14.0 Å². The zero-order chi connectivity index (χ0) is 99.9. The Bertz CT molecular complexity index is 2280. The van der Waals surface area contributed by atoms with E-state index in [2.05, 4.69) is 214 Å². The molecule has 0 fully saturated rings. The molecule has 0 atom stereocenters. The van der Waals surface area contributed by atoms with Gasteiger partial charge >= 0.3 is 83.0 Å². The van der Waals surface area contributed by atoms with E-state index in [1.165, 1.54) is 329 Å². The number of nitrogens with zero attached hydrogens (tertiary/aromatic N) is 19. The molecule has 0 aliphatic heterocycles. The van der Waals surface area contributed by atoms with E-state index < -0.39 is 7.15 Å². The molecule has 1 amide bonds. The van der Waals surface area contributed by atoms with Gasteiger partial charge in [0, 0.05) is 259 Å². The Morgan fingerprint density at radius 1 is 0.306 bits per heavy atom. The summed E-state index contributed by atoms with van der Waals surface area (Å²) in [5, 5.41) is 33.9. The number of carbonyl (C=O) groups excluding carboxylic acids is 2. The number of rotatable bonds is 94. The largest absolute Gasteiger partial charge is 1.00 e. The summed E-state index contributed by atoms with van der Waals surface area (Å²) in [6.07, 6.45) is 49.3. The van der Waals surface area contributed by atoms with Crippen molar-refractivity contribution in [3.8, 4) is 0 Å². The van der Waals surface area contributed by atoms with E-state index in [1.54, 1.807) is 11.9 Å². The van der Waals surface area contributed by atoms with Crippen molar-refractivity contribution in [2.75, 3.05) is 397 Å². The summed E-state index contributed by atoms with van der Waals surface area (Å²) < 4.78 is 15.5. The molecule has 0 spiro atoms. The van der Waals surface area contributed by atoms with E-state index in [9.17, 15) is 19.2 Å². The summed E-state index contributed by atoms with van der Waals surface area (Å²) in [4.78, 5) is 67.3. The molecule has 0 saturated heterocycles. The Kier molecular flexibility index (Phi) is 129. The quantitative estimate of drug-likeness (QED) is 0.0151. The minimum Gasteiger partial charge on any atom is -0.662 e. The first kappa shape index (κ1) is 149. The molecule has 0 aromatic carbocycles. The van der Waals surface area contributed by atoms with Gasteiger partial charge in [0.15, 0.2) is 5.81 Å². The molecule has 0 aliphatic carbocycles. The van der Waals surface area contributed by atoms with Crippen LogP contribution in [-0.2, 0) is 9.68 Å². The predicted molar refractivity (Wildman–Crippen MR) is 583 cm³/mol. The van der Waals surface area contributed by atoms with Crippen LogP contribution in [0.4, 0.5) is 9.18 Å². The maximum atomic E-state index is 11.2. The Morgan fingerprint density at radius 2 is 0.433 bits per heavy atom. The predicted octanol–water partition coefficient (Wildman–Crippen LogP) is 7.95. The molecule has 0 rings (SSSR count). The van der Waals surface area contributed by atoms with Crippen LogP contribution in [0.15, 0.2) is 0 Å². The van der Waals surface area contributed by atoms with Gasteiger partial charge in [0.25, 0.3) is 6.47 Å². The Labute approximate surface area is 956 Å². The van der Waals surface area contributed by atoms with Crippen molar-refractivity contribution in [3.05, 3.63) is 0 Å². The third-order valence-corrected chi connectivity index (χ3v) is 26.1. The van der Waals surface area contributed by atoms with Crippen LogP contribution in [-0.4, -0.2) is 603 Å². The van der Waals surface area contributed by atoms with Crippen LogP contribution in [0, 0.1) is 0 Å². The van der Waals surface area contributed by atoms with Gasteiger partial charge in [-0.05, 0) is 271 Å². The summed E-state index contributed by atoms with van der Waals surface area (Å²) in [5.41, 5.74) is 0.